The first-order chi connectivity index (χ1) is 11.7. The van der Waals surface area contributed by atoms with E-state index in [1.54, 1.807) is 43.5 Å². The van der Waals surface area contributed by atoms with Gasteiger partial charge in [-0.1, -0.05) is 12.1 Å². The molecule has 0 amide bonds. The first kappa shape index (κ1) is 17.6. The van der Waals surface area contributed by atoms with Crippen molar-refractivity contribution in [3.05, 3.63) is 59.7 Å². The zero-order chi connectivity index (χ0) is 17.4. The third-order valence-electron chi connectivity index (χ3n) is 3.37. The van der Waals surface area contributed by atoms with E-state index in [1.165, 1.54) is 0 Å². The van der Waals surface area contributed by atoms with Crippen molar-refractivity contribution in [3.63, 3.8) is 0 Å². The molecule has 0 radical (unpaired) electrons. The Bertz CT molecular complexity index is 702. The number of benzene rings is 2. The summed E-state index contributed by atoms with van der Waals surface area (Å²) < 4.78 is 16.2. The standard InChI is InChI=1S/C20H22O4/c1-4-23-19-13-7-15(14-20(19)24-5-2)6-12-18(21)16-8-10-17(22-3)11-9-16/h6-14H,4-5H2,1-3H3/b12-6+. The second-order valence-electron chi connectivity index (χ2n) is 5.00. The van der Waals surface area contributed by atoms with Gasteiger partial charge < -0.3 is 14.2 Å². The van der Waals surface area contributed by atoms with Crippen molar-refractivity contribution in [1.82, 2.24) is 0 Å². The van der Waals surface area contributed by atoms with Crippen LogP contribution in [0, 0.1) is 0 Å². The van der Waals surface area contributed by atoms with Crippen LogP contribution in [0.3, 0.4) is 0 Å². The number of carbonyl (C=O) groups is 1. The molecule has 0 saturated heterocycles. The van der Waals surface area contributed by atoms with Gasteiger partial charge in [-0.25, -0.2) is 0 Å². The summed E-state index contributed by atoms with van der Waals surface area (Å²) in [6, 6.07) is 12.6. The van der Waals surface area contributed by atoms with Crippen molar-refractivity contribution in [1.29, 1.82) is 0 Å². The Kier molecular flexibility index (Phi) is 6.43. The molecule has 0 saturated carbocycles. The predicted molar refractivity (Wildman–Crippen MR) is 95.1 cm³/mol. The summed E-state index contributed by atoms with van der Waals surface area (Å²) in [5.74, 6) is 2.05. The normalized spacial score (nSPS) is 10.6. The van der Waals surface area contributed by atoms with Crippen LogP contribution in [-0.4, -0.2) is 26.1 Å². The fourth-order valence-corrected chi connectivity index (χ4v) is 2.19. The van der Waals surface area contributed by atoms with Crippen molar-refractivity contribution in [2.24, 2.45) is 0 Å². The summed E-state index contributed by atoms with van der Waals surface area (Å²) in [6.07, 6.45) is 3.32. The molecule has 0 bridgehead atoms. The number of methoxy groups -OCH3 is 1. The molecule has 0 atom stereocenters. The lowest BCUT2D eigenvalue weighted by atomic mass is 10.1. The largest absolute Gasteiger partial charge is 0.497 e. The average Bonchev–Trinajstić information content (AvgIpc) is 2.62. The molecule has 0 heterocycles. The highest BCUT2D eigenvalue weighted by molar-refractivity contribution is 6.06. The monoisotopic (exact) mass is 326 g/mol. The maximum absolute atomic E-state index is 12.2. The predicted octanol–water partition coefficient (Wildman–Crippen LogP) is 4.39. The van der Waals surface area contributed by atoms with Gasteiger partial charge >= 0.3 is 0 Å². The minimum atomic E-state index is -0.0653. The van der Waals surface area contributed by atoms with Gasteiger partial charge in [0.05, 0.1) is 20.3 Å². The van der Waals surface area contributed by atoms with Gasteiger partial charge in [0.1, 0.15) is 5.75 Å². The van der Waals surface area contributed by atoms with E-state index in [0.717, 1.165) is 11.3 Å². The van der Waals surface area contributed by atoms with E-state index in [2.05, 4.69) is 0 Å². The van der Waals surface area contributed by atoms with Crippen LogP contribution < -0.4 is 14.2 Å². The zero-order valence-electron chi connectivity index (χ0n) is 14.2. The highest BCUT2D eigenvalue weighted by Crippen LogP contribution is 2.29. The Hall–Kier alpha value is -2.75. The van der Waals surface area contributed by atoms with Crippen LogP contribution in [0.5, 0.6) is 17.2 Å². The molecule has 0 aromatic heterocycles. The lowest BCUT2D eigenvalue weighted by Crippen LogP contribution is -1.98. The Labute approximate surface area is 142 Å². The molecule has 2 aromatic carbocycles. The van der Waals surface area contributed by atoms with Gasteiger partial charge in [-0.15, -0.1) is 0 Å². The smallest absolute Gasteiger partial charge is 0.185 e. The second kappa shape index (κ2) is 8.77. The summed E-state index contributed by atoms with van der Waals surface area (Å²) in [6.45, 7) is 4.98. The minimum absolute atomic E-state index is 0.0653. The molecule has 2 aromatic rings. The van der Waals surface area contributed by atoms with Crippen LogP contribution in [-0.2, 0) is 0 Å². The minimum Gasteiger partial charge on any atom is -0.497 e. The highest BCUT2D eigenvalue weighted by Gasteiger charge is 2.06. The number of rotatable bonds is 8. The Morgan fingerprint density at radius 2 is 1.62 bits per heavy atom. The number of hydrogen-bond donors (Lipinski definition) is 0. The molecule has 4 nitrogen and oxygen atoms in total. The van der Waals surface area contributed by atoms with E-state index >= 15 is 0 Å². The van der Waals surface area contributed by atoms with Crippen molar-refractivity contribution in [2.45, 2.75) is 13.8 Å². The molecule has 0 spiro atoms. The van der Waals surface area contributed by atoms with Crippen LogP contribution in [0.1, 0.15) is 29.8 Å². The Morgan fingerprint density at radius 1 is 0.958 bits per heavy atom. The third kappa shape index (κ3) is 4.62. The van der Waals surface area contributed by atoms with Crippen LogP contribution in [0.4, 0.5) is 0 Å². The number of allylic oxidation sites excluding steroid dienone is 1. The van der Waals surface area contributed by atoms with E-state index in [1.807, 2.05) is 32.0 Å². The van der Waals surface area contributed by atoms with E-state index < -0.39 is 0 Å². The molecule has 4 heteroatoms. The van der Waals surface area contributed by atoms with E-state index in [9.17, 15) is 4.79 Å². The van der Waals surface area contributed by atoms with Gasteiger partial charge in [0, 0.05) is 5.56 Å². The summed E-state index contributed by atoms with van der Waals surface area (Å²) in [7, 11) is 1.60. The molecular formula is C20H22O4. The van der Waals surface area contributed by atoms with E-state index in [0.29, 0.717) is 30.3 Å². The molecule has 2 rings (SSSR count). The van der Waals surface area contributed by atoms with Crippen LogP contribution in [0.15, 0.2) is 48.5 Å². The molecule has 0 N–H and O–H groups in total. The zero-order valence-corrected chi connectivity index (χ0v) is 14.2. The molecule has 24 heavy (non-hydrogen) atoms. The number of hydrogen-bond acceptors (Lipinski definition) is 4. The van der Waals surface area contributed by atoms with Gasteiger partial charge in [0.25, 0.3) is 0 Å². The van der Waals surface area contributed by atoms with Crippen molar-refractivity contribution < 1.29 is 19.0 Å². The van der Waals surface area contributed by atoms with E-state index in [-0.39, 0.29) is 5.78 Å². The maximum atomic E-state index is 12.2. The molecule has 0 aliphatic rings. The third-order valence-corrected chi connectivity index (χ3v) is 3.37. The Morgan fingerprint density at radius 3 is 2.25 bits per heavy atom. The molecule has 0 fully saturated rings. The lowest BCUT2D eigenvalue weighted by Gasteiger charge is -2.11. The second-order valence-corrected chi connectivity index (χ2v) is 5.00. The summed E-state index contributed by atoms with van der Waals surface area (Å²) in [4.78, 5) is 12.2. The van der Waals surface area contributed by atoms with Gasteiger partial charge in [-0.3, -0.25) is 4.79 Å². The number of ketones is 1. The number of carbonyl (C=O) groups excluding carboxylic acids is 1. The fourth-order valence-electron chi connectivity index (χ4n) is 2.19. The van der Waals surface area contributed by atoms with Gasteiger partial charge in [0.15, 0.2) is 17.3 Å². The molecule has 0 unspecified atom stereocenters. The first-order valence-corrected chi connectivity index (χ1v) is 7.94. The summed E-state index contributed by atoms with van der Waals surface area (Å²) >= 11 is 0. The van der Waals surface area contributed by atoms with Gasteiger partial charge in [-0.05, 0) is 61.9 Å². The summed E-state index contributed by atoms with van der Waals surface area (Å²) in [5.41, 5.74) is 1.49. The lowest BCUT2D eigenvalue weighted by molar-refractivity contribution is 0.104. The SMILES string of the molecule is CCOc1ccc(/C=C/C(=O)c2ccc(OC)cc2)cc1OCC. The van der Waals surface area contributed by atoms with Crippen molar-refractivity contribution in [2.75, 3.05) is 20.3 Å². The van der Waals surface area contributed by atoms with Crippen LogP contribution in [0.2, 0.25) is 0 Å². The molecule has 126 valence electrons. The highest BCUT2D eigenvalue weighted by atomic mass is 16.5. The van der Waals surface area contributed by atoms with Gasteiger partial charge in [0.2, 0.25) is 0 Å². The summed E-state index contributed by atoms with van der Waals surface area (Å²) in [5, 5.41) is 0. The van der Waals surface area contributed by atoms with E-state index in [4.69, 9.17) is 14.2 Å². The van der Waals surface area contributed by atoms with Crippen molar-refractivity contribution in [3.8, 4) is 17.2 Å². The topological polar surface area (TPSA) is 44.8 Å². The van der Waals surface area contributed by atoms with Crippen molar-refractivity contribution >= 4 is 11.9 Å². The fraction of sp³-hybridized carbons (Fsp3) is 0.250. The Balaban J connectivity index is 2.14. The molecule has 0 aliphatic carbocycles. The quantitative estimate of drug-likeness (QED) is 0.533. The average molecular weight is 326 g/mol. The maximum Gasteiger partial charge on any atom is 0.185 e. The first-order valence-electron chi connectivity index (χ1n) is 7.94. The molecular weight excluding hydrogens is 304 g/mol. The van der Waals surface area contributed by atoms with Gasteiger partial charge in [-0.2, -0.15) is 0 Å². The van der Waals surface area contributed by atoms with Crippen LogP contribution >= 0.6 is 0 Å². The number of ether oxygens (including phenoxy) is 3. The molecule has 0 aliphatic heterocycles. The van der Waals surface area contributed by atoms with Crippen LogP contribution in [0.25, 0.3) is 6.08 Å².